The highest BCUT2D eigenvalue weighted by Crippen LogP contribution is 2.37. The summed E-state index contributed by atoms with van der Waals surface area (Å²) in [5.41, 5.74) is 10.5. The molecule has 1 amide bonds. The molecule has 3 aromatic rings. The van der Waals surface area contributed by atoms with Crippen molar-refractivity contribution in [3.63, 3.8) is 0 Å². The van der Waals surface area contributed by atoms with Gasteiger partial charge in [0.25, 0.3) is 5.91 Å². The highest BCUT2D eigenvalue weighted by molar-refractivity contribution is 5.95. The van der Waals surface area contributed by atoms with Crippen LogP contribution in [-0.4, -0.2) is 20.8 Å². The number of aromatic nitrogens is 2. The van der Waals surface area contributed by atoms with Gasteiger partial charge in [0.2, 0.25) is 0 Å². The summed E-state index contributed by atoms with van der Waals surface area (Å²) in [5, 5.41) is 14.2. The topological polar surface area (TPSA) is 81.1 Å². The standard InChI is InChI=1S/C18H15N3O2/c19-18(23)16-15-9-8-11-4-1-2-7-14(11)17(15)21(20-16)12-5-3-6-13(22)10-12/h1-7,10,22H,8-9H2,(H2,19,23). The maximum absolute atomic E-state index is 11.8. The number of hydrogen-bond acceptors (Lipinski definition) is 3. The number of benzene rings is 2. The van der Waals surface area contributed by atoms with Crippen LogP contribution in [0.15, 0.2) is 48.5 Å². The number of rotatable bonds is 2. The fraction of sp³-hybridized carbons (Fsp3) is 0.111. The van der Waals surface area contributed by atoms with E-state index in [1.165, 1.54) is 5.56 Å². The highest BCUT2D eigenvalue weighted by Gasteiger charge is 2.27. The van der Waals surface area contributed by atoms with E-state index in [1.807, 2.05) is 24.3 Å². The van der Waals surface area contributed by atoms with Gasteiger partial charge in [0.05, 0.1) is 11.4 Å². The number of phenols is 1. The van der Waals surface area contributed by atoms with Gasteiger partial charge in [-0.1, -0.05) is 30.3 Å². The number of nitrogens with zero attached hydrogens (tertiary/aromatic N) is 2. The third kappa shape index (κ3) is 2.09. The van der Waals surface area contributed by atoms with Crippen molar-refractivity contribution in [3.8, 4) is 22.7 Å². The van der Waals surface area contributed by atoms with Gasteiger partial charge >= 0.3 is 0 Å². The SMILES string of the molecule is NC(=O)c1nn(-c2cccc(O)c2)c2c1CCc1ccccc1-2. The zero-order valence-electron chi connectivity index (χ0n) is 12.4. The van der Waals surface area contributed by atoms with Crippen LogP contribution in [0, 0.1) is 0 Å². The van der Waals surface area contributed by atoms with Crippen LogP contribution in [0.1, 0.15) is 21.6 Å². The Kier molecular flexibility index (Phi) is 2.94. The molecule has 0 fully saturated rings. The molecule has 1 aromatic heterocycles. The Morgan fingerprint density at radius 2 is 1.96 bits per heavy atom. The van der Waals surface area contributed by atoms with Crippen LogP contribution in [0.3, 0.4) is 0 Å². The summed E-state index contributed by atoms with van der Waals surface area (Å²) in [7, 11) is 0. The van der Waals surface area contributed by atoms with Crippen LogP contribution in [0.4, 0.5) is 0 Å². The molecule has 0 radical (unpaired) electrons. The fourth-order valence-electron chi connectivity index (χ4n) is 3.20. The minimum atomic E-state index is -0.528. The summed E-state index contributed by atoms with van der Waals surface area (Å²) in [4.78, 5) is 11.8. The first-order valence-electron chi connectivity index (χ1n) is 7.44. The van der Waals surface area contributed by atoms with Gasteiger partial charge in [0.15, 0.2) is 5.69 Å². The van der Waals surface area contributed by atoms with E-state index in [2.05, 4.69) is 11.2 Å². The maximum atomic E-state index is 11.8. The first-order valence-corrected chi connectivity index (χ1v) is 7.44. The minimum absolute atomic E-state index is 0.150. The molecule has 2 aromatic carbocycles. The molecule has 0 unspecified atom stereocenters. The fourth-order valence-corrected chi connectivity index (χ4v) is 3.20. The molecule has 1 aliphatic carbocycles. The third-order valence-corrected chi connectivity index (χ3v) is 4.21. The lowest BCUT2D eigenvalue weighted by Crippen LogP contribution is -2.15. The molecule has 1 heterocycles. The number of carbonyl (C=O) groups is 1. The summed E-state index contributed by atoms with van der Waals surface area (Å²) >= 11 is 0. The molecule has 0 saturated carbocycles. The van der Waals surface area contributed by atoms with Crippen molar-refractivity contribution >= 4 is 5.91 Å². The van der Waals surface area contributed by atoms with Crippen LogP contribution in [0.2, 0.25) is 0 Å². The normalized spacial score (nSPS) is 12.5. The smallest absolute Gasteiger partial charge is 0.269 e. The van der Waals surface area contributed by atoms with E-state index in [-0.39, 0.29) is 5.75 Å². The largest absolute Gasteiger partial charge is 0.508 e. The Balaban J connectivity index is 2.04. The first-order chi connectivity index (χ1) is 11.1. The van der Waals surface area contributed by atoms with Crippen molar-refractivity contribution in [2.75, 3.05) is 0 Å². The third-order valence-electron chi connectivity index (χ3n) is 4.21. The average molecular weight is 305 g/mol. The molecular formula is C18H15N3O2. The number of hydrogen-bond donors (Lipinski definition) is 2. The Morgan fingerprint density at radius 1 is 1.13 bits per heavy atom. The van der Waals surface area contributed by atoms with Gasteiger partial charge in [-0.25, -0.2) is 4.68 Å². The maximum Gasteiger partial charge on any atom is 0.269 e. The second kappa shape index (κ2) is 4.98. The van der Waals surface area contributed by atoms with Gasteiger partial charge in [-0.15, -0.1) is 0 Å². The van der Waals surface area contributed by atoms with E-state index in [0.29, 0.717) is 11.4 Å². The lowest BCUT2D eigenvalue weighted by molar-refractivity contribution is 0.0994. The molecular weight excluding hydrogens is 290 g/mol. The molecule has 4 rings (SSSR count). The molecule has 0 saturated heterocycles. The van der Waals surface area contributed by atoms with Gasteiger partial charge in [-0.3, -0.25) is 4.79 Å². The molecule has 0 spiro atoms. The van der Waals surface area contributed by atoms with E-state index in [0.717, 1.165) is 29.7 Å². The van der Waals surface area contributed by atoms with E-state index in [9.17, 15) is 9.90 Å². The monoisotopic (exact) mass is 305 g/mol. The van der Waals surface area contributed by atoms with Gasteiger partial charge in [0.1, 0.15) is 5.75 Å². The number of phenolic OH excluding ortho intramolecular Hbond substituents is 1. The van der Waals surface area contributed by atoms with Gasteiger partial charge in [-0.05, 0) is 30.5 Å². The summed E-state index contributed by atoms with van der Waals surface area (Å²) in [5.74, 6) is -0.379. The Morgan fingerprint density at radius 3 is 2.74 bits per heavy atom. The number of amides is 1. The van der Waals surface area contributed by atoms with Gasteiger partial charge in [-0.2, -0.15) is 5.10 Å². The number of aryl methyl sites for hydroxylation is 1. The second-order valence-electron chi connectivity index (χ2n) is 5.63. The van der Waals surface area contributed by atoms with Crippen LogP contribution in [0.5, 0.6) is 5.75 Å². The molecule has 3 N–H and O–H groups in total. The minimum Gasteiger partial charge on any atom is -0.508 e. The number of primary amides is 1. The van der Waals surface area contributed by atoms with E-state index in [4.69, 9.17) is 5.73 Å². The van der Waals surface area contributed by atoms with Crippen molar-refractivity contribution < 1.29 is 9.90 Å². The molecule has 5 heteroatoms. The number of carbonyl (C=O) groups excluding carboxylic acids is 1. The number of nitrogens with two attached hydrogens (primary N) is 1. The summed E-state index contributed by atoms with van der Waals surface area (Å²) < 4.78 is 1.70. The van der Waals surface area contributed by atoms with Crippen molar-refractivity contribution in [1.29, 1.82) is 0 Å². The predicted molar refractivity (Wildman–Crippen MR) is 86.6 cm³/mol. The van der Waals surface area contributed by atoms with Gasteiger partial charge in [0, 0.05) is 17.2 Å². The molecule has 23 heavy (non-hydrogen) atoms. The van der Waals surface area contributed by atoms with Crippen molar-refractivity contribution in [1.82, 2.24) is 9.78 Å². The lowest BCUT2D eigenvalue weighted by Gasteiger charge is -2.18. The van der Waals surface area contributed by atoms with Gasteiger partial charge < -0.3 is 10.8 Å². The number of aromatic hydroxyl groups is 1. The number of fused-ring (bicyclic) bond motifs is 3. The highest BCUT2D eigenvalue weighted by atomic mass is 16.3. The Hall–Kier alpha value is -3.08. The Labute approximate surface area is 133 Å². The van der Waals surface area contributed by atoms with Crippen molar-refractivity contribution in [3.05, 3.63) is 65.4 Å². The van der Waals surface area contributed by atoms with Crippen LogP contribution in [-0.2, 0) is 12.8 Å². The summed E-state index contributed by atoms with van der Waals surface area (Å²) in [6.07, 6.45) is 1.58. The summed E-state index contributed by atoms with van der Waals surface area (Å²) in [6.45, 7) is 0. The quantitative estimate of drug-likeness (QED) is 0.763. The predicted octanol–water partition coefficient (Wildman–Crippen LogP) is 2.44. The zero-order chi connectivity index (χ0) is 16.0. The molecule has 114 valence electrons. The first kappa shape index (κ1) is 13.6. The molecule has 0 aliphatic heterocycles. The van der Waals surface area contributed by atoms with E-state index in [1.54, 1.807) is 22.9 Å². The Bertz CT molecular complexity index is 928. The molecule has 0 bridgehead atoms. The van der Waals surface area contributed by atoms with E-state index >= 15 is 0 Å². The average Bonchev–Trinajstić information content (AvgIpc) is 2.95. The lowest BCUT2D eigenvalue weighted by atomic mass is 9.88. The van der Waals surface area contributed by atoms with Crippen LogP contribution in [0.25, 0.3) is 16.9 Å². The molecule has 0 atom stereocenters. The molecule has 1 aliphatic rings. The van der Waals surface area contributed by atoms with Crippen molar-refractivity contribution in [2.45, 2.75) is 12.8 Å². The van der Waals surface area contributed by atoms with Crippen LogP contribution >= 0.6 is 0 Å². The van der Waals surface area contributed by atoms with E-state index < -0.39 is 5.91 Å². The molecule has 5 nitrogen and oxygen atoms in total. The zero-order valence-corrected chi connectivity index (χ0v) is 12.4. The second-order valence-corrected chi connectivity index (χ2v) is 5.63. The van der Waals surface area contributed by atoms with Crippen LogP contribution < -0.4 is 5.73 Å². The summed E-state index contributed by atoms with van der Waals surface area (Å²) in [6, 6.07) is 14.9. The van der Waals surface area contributed by atoms with Crippen molar-refractivity contribution in [2.24, 2.45) is 5.73 Å².